The molecule has 4 rings (SSSR count). The van der Waals surface area contributed by atoms with Crippen molar-refractivity contribution >= 4 is 12.0 Å². The molecule has 0 spiro atoms. The van der Waals surface area contributed by atoms with Crippen LogP contribution in [0.1, 0.15) is 47.7 Å². The molecular weight excluding hydrogens is 476 g/mol. The Morgan fingerprint density at radius 3 is 2.64 bits per heavy atom. The molecule has 1 saturated carbocycles. The highest BCUT2D eigenvalue weighted by atomic mass is 19.1. The Bertz CT molecular complexity index is 1270. The highest BCUT2D eigenvalue weighted by molar-refractivity contribution is 5.94. The van der Waals surface area contributed by atoms with Gasteiger partial charge in [-0.1, -0.05) is 6.07 Å². The molecule has 3 aromatic rings. The van der Waals surface area contributed by atoms with Gasteiger partial charge in [-0.25, -0.2) is 18.6 Å². The summed E-state index contributed by atoms with van der Waals surface area (Å²) < 4.78 is 49.2. The zero-order chi connectivity index (χ0) is 25.8. The van der Waals surface area contributed by atoms with Gasteiger partial charge in [0.15, 0.2) is 29.1 Å². The first-order valence-electron chi connectivity index (χ1n) is 11.2. The summed E-state index contributed by atoms with van der Waals surface area (Å²) in [4.78, 5) is 28.6. The van der Waals surface area contributed by atoms with E-state index in [1.165, 1.54) is 20.1 Å². The molecule has 0 bridgehead atoms. The van der Waals surface area contributed by atoms with Crippen molar-refractivity contribution in [3.05, 3.63) is 65.1 Å². The van der Waals surface area contributed by atoms with Crippen molar-refractivity contribution in [2.45, 2.75) is 32.4 Å². The molecule has 2 amide bonds. The molecule has 1 aliphatic rings. The number of amides is 2. The lowest BCUT2D eigenvalue weighted by Gasteiger charge is -2.11. The summed E-state index contributed by atoms with van der Waals surface area (Å²) >= 11 is 0. The topological polar surface area (TPSA) is 126 Å². The SMILES string of the molecule is COc1ccc(-c2nc(C(=O)NCc3ccc(F)cc3F)c([C@@H](C)OC(N)=O)o2)cc1OCC1CC1. The normalized spacial score (nSPS) is 13.7. The molecule has 0 unspecified atom stereocenters. The molecule has 2 aromatic carbocycles. The van der Waals surface area contributed by atoms with Gasteiger partial charge >= 0.3 is 6.09 Å². The molecule has 190 valence electrons. The number of oxazole rings is 1. The van der Waals surface area contributed by atoms with Gasteiger partial charge in [0.05, 0.1) is 13.7 Å². The van der Waals surface area contributed by atoms with Crippen LogP contribution in [-0.2, 0) is 11.3 Å². The number of nitrogens with one attached hydrogen (secondary N) is 1. The summed E-state index contributed by atoms with van der Waals surface area (Å²) in [5.74, 6) is -0.736. The fourth-order valence-electron chi connectivity index (χ4n) is 3.46. The summed E-state index contributed by atoms with van der Waals surface area (Å²) in [5, 5.41) is 2.52. The number of primary amides is 1. The molecule has 0 radical (unpaired) electrons. The monoisotopic (exact) mass is 501 g/mol. The summed E-state index contributed by atoms with van der Waals surface area (Å²) in [6.45, 7) is 1.77. The molecule has 11 heteroatoms. The van der Waals surface area contributed by atoms with Gasteiger partial charge in [0.1, 0.15) is 11.6 Å². The van der Waals surface area contributed by atoms with E-state index in [2.05, 4.69) is 10.3 Å². The summed E-state index contributed by atoms with van der Waals surface area (Å²) in [7, 11) is 1.53. The molecule has 1 aliphatic carbocycles. The molecule has 9 nitrogen and oxygen atoms in total. The van der Waals surface area contributed by atoms with Gasteiger partial charge in [0.2, 0.25) is 5.89 Å². The fraction of sp³-hybridized carbons (Fsp3) is 0.320. The zero-order valence-corrected chi connectivity index (χ0v) is 19.7. The highest BCUT2D eigenvalue weighted by Crippen LogP contribution is 2.36. The van der Waals surface area contributed by atoms with Crippen LogP contribution in [0.3, 0.4) is 0 Å². The third kappa shape index (κ3) is 5.91. The number of rotatable bonds is 10. The molecule has 1 heterocycles. The molecule has 0 aliphatic heterocycles. The maximum absolute atomic E-state index is 14.0. The minimum absolute atomic E-state index is 0.0574. The van der Waals surface area contributed by atoms with Crippen LogP contribution in [0, 0.1) is 17.6 Å². The Hall–Kier alpha value is -4.15. The number of benzene rings is 2. The third-order valence-electron chi connectivity index (χ3n) is 5.57. The van der Waals surface area contributed by atoms with Gasteiger partial charge in [0.25, 0.3) is 5.91 Å². The number of halogens is 2. The molecule has 1 atom stereocenters. The first kappa shape index (κ1) is 25.0. The number of nitrogens with two attached hydrogens (primary N) is 1. The summed E-state index contributed by atoms with van der Waals surface area (Å²) in [6.07, 6.45) is 0.114. The second kappa shape index (κ2) is 10.6. The van der Waals surface area contributed by atoms with E-state index in [1.807, 2.05) is 0 Å². The largest absolute Gasteiger partial charge is 0.493 e. The molecule has 3 N–H and O–H groups in total. The van der Waals surface area contributed by atoms with Crippen LogP contribution in [0.25, 0.3) is 11.5 Å². The Kier molecular flexibility index (Phi) is 7.37. The van der Waals surface area contributed by atoms with Crippen molar-refractivity contribution in [2.24, 2.45) is 11.7 Å². The fourth-order valence-corrected chi connectivity index (χ4v) is 3.46. The molecular formula is C25H25F2N3O6. The van der Waals surface area contributed by atoms with Gasteiger partial charge in [-0.3, -0.25) is 4.79 Å². The average molecular weight is 501 g/mol. The number of carbonyl (C=O) groups excluding carboxylic acids is 2. The van der Waals surface area contributed by atoms with E-state index in [9.17, 15) is 18.4 Å². The van der Waals surface area contributed by atoms with Crippen LogP contribution in [-0.4, -0.2) is 30.7 Å². The molecule has 1 fully saturated rings. The number of nitrogens with zero attached hydrogens (tertiary/aromatic N) is 1. The number of carbonyl (C=O) groups is 2. The molecule has 36 heavy (non-hydrogen) atoms. The average Bonchev–Trinajstić information content (AvgIpc) is 3.56. The minimum Gasteiger partial charge on any atom is -0.493 e. The summed E-state index contributed by atoms with van der Waals surface area (Å²) in [6, 6.07) is 8.05. The Balaban J connectivity index is 1.62. The van der Waals surface area contributed by atoms with Crippen LogP contribution in [0.5, 0.6) is 11.5 Å². The van der Waals surface area contributed by atoms with Gasteiger partial charge in [-0.2, -0.15) is 0 Å². The first-order chi connectivity index (χ1) is 17.2. The lowest BCUT2D eigenvalue weighted by atomic mass is 10.2. The van der Waals surface area contributed by atoms with Gasteiger partial charge in [-0.15, -0.1) is 0 Å². The number of ether oxygens (including phenoxy) is 3. The van der Waals surface area contributed by atoms with E-state index in [0.29, 0.717) is 29.6 Å². The second-order valence-corrected chi connectivity index (χ2v) is 8.35. The van der Waals surface area contributed by atoms with Crippen molar-refractivity contribution < 1.29 is 37.0 Å². The smallest absolute Gasteiger partial charge is 0.405 e. The standard InChI is InChI=1S/C25H25F2N3O6/c1-13(35-25(28)32)22-21(23(31)29-11-16-5-7-17(26)10-18(16)27)30-24(36-22)15-6-8-19(33-2)20(9-15)34-12-14-3-4-14/h5-10,13-14H,3-4,11-12H2,1-2H3,(H2,28,32)(H,29,31)/t13-/m1/s1. The Labute approximate surface area is 205 Å². The van der Waals surface area contributed by atoms with E-state index in [0.717, 1.165) is 25.0 Å². The second-order valence-electron chi connectivity index (χ2n) is 8.35. The highest BCUT2D eigenvalue weighted by Gasteiger charge is 2.28. The van der Waals surface area contributed by atoms with E-state index >= 15 is 0 Å². The van der Waals surface area contributed by atoms with E-state index in [-0.39, 0.29) is 29.5 Å². The summed E-state index contributed by atoms with van der Waals surface area (Å²) in [5.41, 5.74) is 5.50. The predicted molar refractivity (Wildman–Crippen MR) is 123 cm³/mol. The van der Waals surface area contributed by atoms with Gasteiger partial charge in [-0.05, 0) is 49.9 Å². The third-order valence-corrected chi connectivity index (χ3v) is 5.57. The lowest BCUT2D eigenvalue weighted by molar-refractivity contribution is 0.0904. The minimum atomic E-state index is -1.07. The van der Waals surface area contributed by atoms with Crippen LogP contribution in [0.4, 0.5) is 13.6 Å². The van der Waals surface area contributed by atoms with Crippen LogP contribution >= 0.6 is 0 Å². The lowest BCUT2D eigenvalue weighted by Crippen LogP contribution is -2.26. The van der Waals surface area contributed by atoms with Crippen molar-refractivity contribution in [1.82, 2.24) is 10.3 Å². The van der Waals surface area contributed by atoms with E-state index in [1.54, 1.807) is 18.2 Å². The zero-order valence-electron chi connectivity index (χ0n) is 19.7. The first-order valence-corrected chi connectivity index (χ1v) is 11.2. The van der Waals surface area contributed by atoms with Crippen molar-refractivity contribution in [3.8, 4) is 23.0 Å². The predicted octanol–water partition coefficient (Wildman–Crippen LogP) is 4.50. The number of methoxy groups -OCH3 is 1. The van der Waals surface area contributed by atoms with Crippen LogP contribution in [0.15, 0.2) is 40.8 Å². The maximum atomic E-state index is 14.0. The number of aromatic nitrogens is 1. The quantitative estimate of drug-likeness (QED) is 0.419. The van der Waals surface area contributed by atoms with Gasteiger partial charge in [0, 0.05) is 23.7 Å². The van der Waals surface area contributed by atoms with E-state index in [4.69, 9.17) is 24.4 Å². The Morgan fingerprint density at radius 2 is 1.97 bits per heavy atom. The Morgan fingerprint density at radius 1 is 1.19 bits per heavy atom. The van der Waals surface area contributed by atoms with Crippen molar-refractivity contribution in [1.29, 1.82) is 0 Å². The van der Waals surface area contributed by atoms with Crippen molar-refractivity contribution in [3.63, 3.8) is 0 Å². The molecule has 1 aromatic heterocycles. The van der Waals surface area contributed by atoms with Crippen LogP contribution in [0.2, 0.25) is 0 Å². The number of hydrogen-bond acceptors (Lipinski definition) is 7. The van der Waals surface area contributed by atoms with Crippen LogP contribution < -0.4 is 20.5 Å². The number of hydrogen-bond donors (Lipinski definition) is 2. The maximum Gasteiger partial charge on any atom is 0.405 e. The van der Waals surface area contributed by atoms with Gasteiger partial charge < -0.3 is 29.7 Å². The molecule has 0 saturated heterocycles. The van der Waals surface area contributed by atoms with Crippen molar-refractivity contribution in [2.75, 3.05) is 13.7 Å². The van der Waals surface area contributed by atoms with E-state index < -0.39 is 29.7 Å².